The van der Waals surface area contributed by atoms with Crippen molar-refractivity contribution < 1.29 is 19.0 Å². The summed E-state index contributed by atoms with van der Waals surface area (Å²) in [6.45, 7) is 4.11. The number of rotatable bonds is 6. The highest BCUT2D eigenvalue weighted by Crippen LogP contribution is 2.54. The van der Waals surface area contributed by atoms with Crippen LogP contribution in [0.1, 0.15) is 32.1 Å². The van der Waals surface area contributed by atoms with Crippen LogP contribution in [-0.2, 0) is 19.0 Å². The van der Waals surface area contributed by atoms with Crippen LogP contribution in [-0.4, -0.2) is 32.6 Å². The fourth-order valence-electron chi connectivity index (χ4n) is 4.58. The number of carbonyl (C=O) groups is 1. The van der Waals surface area contributed by atoms with Crippen molar-refractivity contribution in [1.82, 2.24) is 0 Å². The Balaban J connectivity index is 1.52. The van der Waals surface area contributed by atoms with E-state index in [2.05, 4.69) is 6.58 Å². The molecule has 0 amide bonds. The van der Waals surface area contributed by atoms with E-state index in [4.69, 9.17) is 14.2 Å². The molecule has 0 aromatic heterocycles. The van der Waals surface area contributed by atoms with Gasteiger partial charge in [-0.25, -0.2) is 4.79 Å². The molecule has 0 heterocycles. The lowest BCUT2D eigenvalue weighted by molar-refractivity contribution is -0.167. The van der Waals surface area contributed by atoms with Crippen molar-refractivity contribution in [3.05, 3.63) is 12.2 Å². The van der Waals surface area contributed by atoms with Gasteiger partial charge in [0.25, 0.3) is 0 Å². The molecule has 4 saturated carbocycles. The number of methoxy groups -OCH3 is 1. The molecule has 0 aliphatic heterocycles. The number of esters is 1. The van der Waals surface area contributed by atoms with E-state index >= 15 is 0 Å². The molecule has 4 aliphatic rings. The SMILES string of the molecule is C=C(COCOC)C(=O)OC1C2CC3CC(C2)CC1C3. The first-order chi connectivity index (χ1) is 9.67. The molecule has 4 aliphatic carbocycles. The second-order valence-corrected chi connectivity index (χ2v) is 6.66. The Kier molecular flexibility index (Phi) is 4.13. The van der Waals surface area contributed by atoms with E-state index in [-0.39, 0.29) is 25.5 Å². The molecule has 0 radical (unpaired) electrons. The lowest BCUT2D eigenvalue weighted by Gasteiger charge is -2.53. The minimum absolute atomic E-state index is 0.120. The molecule has 112 valence electrons. The lowest BCUT2D eigenvalue weighted by Crippen LogP contribution is -2.50. The highest BCUT2D eigenvalue weighted by atomic mass is 16.7. The number of ether oxygens (including phenoxy) is 3. The monoisotopic (exact) mass is 280 g/mol. The van der Waals surface area contributed by atoms with Gasteiger partial charge in [0.2, 0.25) is 0 Å². The van der Waals surface area contributed by atoms with Crippen LogP contribution in [0.15, 0.2) is 12.2 Å². The molecule has 4 rings (SSSR count). The number of hydrogen-bond donors (Lipinski definition) is 0. The lowest BCUT2D eigenvalue weighted by atomic mass is 9.55. The van der Waals surface area contributed by atoms with E-state index in [1.807, 2.05) is 0 Å². The third-order valence-corrected chi connectivity index (χ3v) is 5.15. The van der Waals surface area contributed by atoms with Crippen molar-refractivity contribution in [3.8, 4) is 0 Å². The van der Waals surface area contributed by atoms with Gasteiger partial charge in [-0.15, -0.1) is 0 Å². The Morgan fingerprint density at radius 1 is 1.10 bits per heavy atom. The summed E-state index contributed by atoms with van der Waals surface area (Å²) < 4.78 is 15.7. The molecule has 20 heavy (non-hydrogen) atoms. The predicted octanol–water partition coefficient (Wildman–Crippen LogP) is 2.53. The normalized spacial score (nSPS) is 38.0. The molecule has 0 saturated heterocycles. The maximum Gasteiger partial charge on any atom is 0.336 e. The Morgan fingerprint density at radius 2 is 1.70 bits per heavy atom. The standard InChI is InChI=1S/C16H24O4/c1-10(8-19-9-18-2)16(17)20-15-13-4-11-3-12(6-13)7-14(15)5-11/h11-15H,1,3-9H2,2H3. The van der Waals surface area contributed by atoms with Gasteiger partial charge in [0.15, 0.2) is 0 Å². The summed E-state index contributed by atoms with van der Waals surface area (Å²) in [6, 6.07) is 0. The largest absolute Gasteiger partial charge is 0.458 e. The summed E-state index contributed by atoms with van der Waals surface area (Å²) in [4.78, 5) is 12.1. The van der Waals surface area contributed by atoms with Gasteiger partial charge in [-0.3, -0.25) is 0 Å². The Labute approximate surface area is 120 Å². The molecule has 4 nitrogen and oxygen atoms in total. The zero-order valence-electron chi connectivity index (χ0n) is 12.2. The molecule has 0 unspecified atom stereocenters. The molecule has 4 heteroatoms. The summed E-state index contributed by atoms with van der Waals surface area (Å²) >= 11 is 0. The fraction of sp³-hybridized carbons (Fsp3) is 0.812. The second-order valence-electron chi connectivity index (χ2n) is 6.66. The van der Waals surface area contributed by atoms with Crippen LogP contribution < -0.4 is 0 Å². The minimum atomic E-state index is -0.293. The van der Waals surface area contributed by atoms with E-state index < -0.39 is 0 Å². The number of hydrogen-bond acceptors (Lipinski definition) is 4. The Morgan fingerprint density at radius 3 is 2.25 bits per heavy atom. The first kappa shape index (κ1) is 14.1. The molecule has 0 N–H and O–H groups in total. The van der Waals surface area contributed by atoms with Crippen molar-refractivity contribution in [1.29, 1.82) is 0 Å². The molecule has 4 fully saturated rings. The zero-order valence-corrected chi connectivity index (χ0v) is 12.2. The average Bonchev–Trinajstić information content (AvgIpc) is 2.42. The highest BCUT2D eigenvalue weighted by Gasteiger charge is 2.49. The molecule has 0 aromatic carbocycles. The molecular weight excluding hydrogens is 256 g/mol. The first-order valence-corrected chi connectivity index (χ1v) is 7.62. The zero-order chi connectivity index (χ0) is 14.1. The molecule has 0 atom stereocenters. The average molecular weight is 280 g/mol. The van der Waals surface area contributed by atoms with Crippen LogP contribution in [0.3, 0.4) is 0 Å². The maximum absolute atomic E-state index is 12.1. The topological polar surface area (TPSA) is 44.8 Å². The Hall–Kier alpha value is -0.870. The third kappa shape index (κ3) is 2.77. The van der Waals surface area contributed by atoms with Crippen molar-refractivity contribution in [3.63, 3.8) is 0 Å². The van der Waals surface area contributed by atoms with Crippen molar-refractivity contribution in [2.24, 2.45) is 23.7 Å². The number of carbonyl (C=O) groups excluding carboxylic acids is 1. The van der Waals surface area contributed by atoms with Crippen molar-refractivity contribution in [2.75, 3.05) is 20.5 Å². The summed E-state index contributed by atoms with van der Waals surface area (Å²) in [5, 5.41) is 0. The summed E-state index contributed by atoms with van der Waals surface area (Å²) in [7, 11) is 1.55. The van der Waals surface area contributed by atoms with Gasteiger partial charge >= 0.3 is 5.97 Å². The van der Waals surface area contributed by atoms with E-state index in [0.717, 1.165) is 11.8 Å². The van der Waals surface area contributed by atoms with Crippen LogP contribution in [0.5, 0.6) is 0 Å². The molecule has 4 bridgehead atoms. The van der Waals surface area contributed by atoms with Crippen LogP contribution in [0.25, 0.3) is 0 Å². The van der Waals surface area contributed by atoms with Crippen molar-refractivity contribution >= 4 is 5.97 Å². The van der Waals surface area contributed by atoms with Crippen LogP contribution >= 0.6 is 0 Å². The van der Waals surface area contributed by atoms with Gasteiger partial charge in [0, 0.05) is 7.11 Å². The predicted molar refractivity (Wildman–Crippen MR) is 73.9 cm³/mol. The summed E-state index contributed by atoms with van der Waals surface area (Å²) in [5.74, 6) is 2.66. The van der Waals surface area contributed by atoms with Crippen LogP contribution in [0.4, 0.5) is 0 Å². The van der Waals surface area contributed by atoms with E-state index in [1.165, 1.54) is 32.1 Å². The highest BCUT2D eigenvalue weighted by molar-refractivity contribution is 5.88. The van der Waals surface area contributed by atoms with E-state index in [1.54, 1.807) is 7.11 Å². The van der Waals surface area contributed by atoms with E-state index in [0.29, 0.717) is 17.4 Å². The summed E-state index contributed by atoms with van der Waals surface area (Å²) in [5.41, 5.74) is 0.385. The van der Waals surface area contributed by atoms with Gasteiger partial charge in [-0.1, -0.05) is 6.58 Å². The smallest absolute Gasteiger partial charge is 0.336 e. The van der Waals surface area contributed by atoms with Crippen LogP contribution in [0, 0.1) is 23.7 Å². The molecule has 0 spiro atoms. The molecule has 0 aromatic rings. The molecular formula is C16H24O4. The van der Waals surface area contributed by atoms with Crippen LogP contribution in [0.2, 0.25) is 0 Å². The van der Waals surface area contributed by atoms with Gasteiger partial charge in [-0.2, -0.15) is 0 Å². The first-order valence-electron chi connectivity index (χ1n) is 7.62. The quantitative estimate of drug-likeness (QED) is 0.324. The maximum atomic E-state index is 12.1. The van der Waals surface area contributed by atoms with Gasteiger partial charge in [0.1, 0.15) is 12.9 Å². The van der Waals surface area contributed by atoms with E-state index in [9.17, 15) is 4.79 Å². The van der Waals surface area contributed by atoms with Gasteiger partial charge in [0.05, 0.1) is 12.2 Å². The van der Waals surface area contributed by atoms with Gasteiger partial charge in [-0.05, 0) is 55.8 Å². The minimum Gasteiger partial charge on any atom is -0.458 e. The third-order valence-electron chi connectivity index (χ3n) is 5.15. The van der Waals surface area contributed by atoms with Crippen molar-refractivity contribution in [2.45, 2.75) is 38.2 Å². The fourth-order valence-corrected chi connectivity index (χ4v) is 4.58. The summed E-state index contributed by atoms with van der Waals surface area (Å²) in [6.07, 6.45) is 6.52. The second kappa shape index (κ2) is 5.86. The Bertz CT molecular complexity index is 362. The van der Waals surface area contributed by atoms with Gasteiger partial charge < -0.3 is 14.2 Å².